The molecule has 0 saturated carbocycles. The van der Waals surface area contributed by atoms with Crippen LogP contribution in [0.25, 0.3) is 0 Å². The number of unbranched alkanes of at least 4 members (excludes halogenated alkanes) is 1. The molecule has 4 nitrogen and oxygen atoms in total. The van der Waals surface area contributed by atoms with E-state index in [0.29, 0.717) is 24.7 Å². The highest BCUT2D eigenvalue weighted by Gasteiger charge is 2.12. The van der Waals surface area contributed by atoms with E-state index in [9.17, 15) is 9.90 Å². The first kappa shape index (κ1) is 14.6. The molecule has 0 aliphatic heterocycles. The molecule has 0 aliphatic carbocycles. The molecule has 1 aromatic rings. The van der Waals surface area contributed by atoms with Crippen LogP contribution in [0.4, 0.5) is 0 Å². The minimum absolute atomic E-state index is 0.0220. The van der Waals surface area contributed by atoms with E-state index in [2.05, 4.69) is 0 Å². The molecule has 1 aromatic carbocycles. The van der Waals surface area contributed by atoms with Crippen LogP contribution in [0.3, 0.4) is 0 Å². The van der Waals surface area contributed by atoms with Crippen LogP contribution in [0.2, 0.25) is 5.02 Å². The van der Waals surface area contributed by atoms with E-state index < -0.39 is 5.97 Å². The Morgan fingerprint density at radius 1 is 1.33 bits per heavy atom. The van der Waals surface area contributed by atoms with E-state index in [1.54, 1.807) is 6.92 Å². The van der Waals surface area contributed by atoms with Crippen molar-refractivity contribution >= 4 is 17.6 Å². The first-order valence-electron chi connectivity index (χ1n) is 5.90. The fourth-order valence-electron chi connectivity index (χ4n) is 1.41. The molecule has 0 bridgehead atoms. The SMILES string of the molecule is CCCCOc1c(Cl)cc(C(=O)[O-])cc1OCC. The summed E-state index contributed by atoms with van der Waals surface area (Å²) < 4.78 is 10.9. The second-order valence-electron chi connectivity index (χ2n) is 3.71. The third-order valence-corrected chi connectivity index (χ3v) is 2.57. The van der Waals surface area contributed by atoms with Crippen LogP contribution in [-0.2, 0) is 0 Å². The van der Waals surface area contributed by atoms with E-state index in [0.717, 1.165) is 12.8 Å². The number of hydrogen-bond donors (Lipinski definition) is 0. The normalized spacial score (nSPS) is 10.2. The van der Waals surface area contributed by atoms with Crippen molar-refractivity contribution in [3.05, 3.63) is 22.7 Å². The maximum atomic E-state index is 10.8. The summed E-state index contributed by atoms with van der Waals surface area (Å²) in [5.74, 6) is -0.574. The average molecular weight is 272 g/mol. The molecule has 5 heteroatoms. The Morgan fingerprint density at radius 3 is 2.61 bits per heavy atom. The third-order valence-electron chi connectivity index (χ3n) is 2.29. The molecule has 0 saturated heterocycles. The van der Waals surface area contributed by atoms with Gasteiger partial charge in [0.25, 0.3) is 0 Å². The topological polar surface area (TPSA) is 58.6 Å². The van der Waals surface area contributed by atoms with Crippen molar-refractivity contribution in [2.75, 3.05) is 13.2 Å². The molecule has 0 N–H and O–H groups in total. The molecule has 18 heavy (non-hydrogen) atoms. The summed E-state index contributed by atoms with van der Waals surface area (Å²) >= 11 is 6.00. The maximum absolute atomic E-state index is 10.8. The Morgan fingerprint density at radius 2 is 2.06 bits per heavy atom. The molecular formula is C13H16ClO4-. The lowest BCUT2D eigenvalue weighted by Gasteiger charge is -2.15. The zero-order valence-electron chi connectivity index (χ0n) is 10.5. The molecule has 1 rings (SSSR count). The number of carboxylic acid groups (broad SMARTS) is 1. The smallest absolute Gasteiger partial charge is 0.179 e. The van der Waals surface area contributed by atoms with Crippen molar-refractivity contribution in [3.63, 3.8) is 0 Å². The second kappa shape index (κ2) is 7.11. The number of halogens is 1. The third kappa shape index (κ3) is 3.81. The van der Waals surface area contributed by atoms with E-state index in [1.807, 2.05) is 6.92 Å². The molecule has 0 amide bonds. The van der Waals surface area contributed by atoms with Crippen molar-refractivity contribution in [2.45, 2.75) is 26.7 Å². The van der Waals surface area contributed by atoms with Crippen molar-refractivity contribution in [1.82, 2.24) is 0 Å². The predicted molar refractivity (Wildman–Crippen MR) is 67.4 cm³/mol. The molecule has 0 aromatic heterocycles. The standard InChI is InChI=1S/C13H17ClO4/c1-3-5-6-18-12-10(14)7-9(13(15)16)8-11(12)17-4-2/h7-8H,3-6H2,1-2H3,(H,15,16)/p-1. The molecule has 100 valence electrons. The minimum Gasteiger partial charge on any atom is -0.545 e. The number of rotatable bonds is 7. The number of hydrogen-bond acceptors (Lipinski definition) is 4. The highest BCUT2D eigenvalue weighted by Crippen LogP contribution is 2.36. The van der Waals surface area contributed by atoms with Crippen LogP contribution >= 0.6 is 11.6 Å². The number of carboxylic acids is 1. The fourth-order valence-corrected chi connectivity index (χ4v) is 1.67. The summed E-state index contributed by atoms with van der Waals surface area (Å²) in [4.78, 5) is 10.8. The van der Waals surface area contributed by atoms with Gasteiger partial charge in [0.2, 0.25) is 0 Å². The summed E-state index contributed by atoms with van der Waals surface area (Å²) in [7, 11) is 0. The van der Waals surface area contributed by atoms with Gasteiger partial charge in [0.05, 0.1) is 24.2 Å². The molecule has 0 atom stereocenters. The van der Waals surface area contributed by atoms with Crippen LogP contribution in [-0.4, -0.2) is 19.2 Å². The lowest BCUT2D eigenvalue weighted by atomic mass is 10.2. The maximum Gasteiger partial charge on any atom is 0.179 e. The summed E-state index contributed by atoms with van der Waals surface area (Å²) in [6, 6.07) is 2.67. The van der Waals surface area contributed by atoms with Gasteiger partial charge in [-0.15, -0.1) is 0 Å². The monoisotopic (exact) mass is 271 g/mol. The van der Waals surface area contributed by atoms with Crippen LogP contribution in [0.1, 0.15) is 37.0 Å². The summed E-state index contributed by atoms with van der Waals surface area (Å²) in [6.07, 6.45) is 1.89. The van der Waals surface area contributed by atoms with Crippen LogP contribution in [0.15, 0.2) is 12.1 Å². The van der Waals surface area contributed by atoms with E-state index in [4.69, 9.17) is 21.1 Å². The molecule has 0 fully saturated rings. The number of carbonyl (C=O) groups excluding carboxylic acids is 1. The van der Waals surface area contributed by atoms with Crippen LogP contribution in [0, 0.1) is 0 Å². The van der Waals surface area contributed by atoms with Crippen molar-refractivity contribution < 1.29 is 19.4 Å². The van der Waals surface area contributed by atoms with Gasteiger partial charge in [0.15, 0.2) is 11.5 Å². The number of benzene rings is 1. The number of carbonyl (C=O) groups is 1. The van der Waals surface area contributed by atoms with Crippen LogP contribution < -0.4 is 14.6 Å². The molecule has 0 unspecified atom stereocenters. The van der Waals surface area contributed by atoms with E-state index in [1.165, 1.54) is 12.1 Å². The highest BCUT2D eigenvalue weighted by molar-refractivity contribution is 6.32. The Bertz CT molecular complexity index is 418. The van der Waals surface area contributed by atoms with Gasteiger partial charge in [-0.1, -0.05) is 24.9 Å². The summed E-state index contributed by atoms with van der Waals surface area (Å²) in [5, 5.41) is 11.0. The Hall–Kier alpha value is -1.42. The van der Waals surface area contributed by atoms with Gasteiger partial charge < -0.3 is 19.4 Å². The molecule has 0 spiro atoms. The lowest BCUT2D eigenvalue weighted by Crippen LogP contribution is -2.22. The largest absolute Gasteiger partial charge is 0.545 e. The fraction of sp³-hybridized carbons (Fsp3) is 0.462. The molecule has 0 heterocycles. The van der Waals surface area contributed by atoms with Crippen LogP contribution in [0.5, 0.6) is 11.5 Å². The molecular weight excluding hydrogens is 256 g/mol. The van der Waals surface area contributed by atoms with Gasteiger partial charge in [-0.25, -0.2) is 0 Å². The van der Waals surface area contributed by atoms with Crippen molar-refractivity contribution in [2.24, 2.45) is 0 Å². The van der Waals surface area contributed by atoms with Crippen molar-refractivity contribution in [1.29, 1.82) is 0 Å². The van der Waals surface area contributed by atoms with Gasteiger partial charge in [-0.3, -0.25) is 0 Å². The van der Waals surface area contributed by atoms with Gasteiger partial charge >= 0.3 is 0 Å². The molecule has 0 radical (unpaired) electrons. The zero-order chi connectivity index (χ0) is 13.5. The zero-order valence-corrected chi connectivity index (χ0v) is 11.3. The first-order valence-corrected chi connectivity index (χ1v) is 6.28. The molecule has 0 aliphatic rings. The van der Waals surface area contributed by atoms with E-state index in [-0.39, 0.29) is 10.6 Å². The first-order chi connectivity index (χ1) is 8.60. The van der Waals surface area contributed by atoms with Gasteiger partial charge in [-0.2, -0.15) is 0 Å². The Kier molecular flexibility index (Phi) is 5.78. The highest BCUT2D eigenvalue weighted by atomic mass is 35.5. The predicted octanol–water partition coefficient (Wildman–Crippen LogP) is 2.28. The lowest BCUT2D eigenvalue weighted by molar-refractivity contribution is -0.255. The Balaban J connectivity index is 3.02. The average Bonchev–Trinajstić information content (AvgIpc) is 2.32. The summed E-state index contributed by atoms with van der Waals surface area (Å²) in [5.41, 5.74) is -0.0220. The minimum atomic E-state index is -1.29. The number of ether oxygens (including phenoxy) is 2. The Labute approximate surface area is 111 Å². The second-order valence-corrected chi connectivity index (χ2v) is 4.12. The van der Waals surface area contributed by atoms with Gasteiger partial charge in [0.1, 0.15) is 0 Å². The van der Waals surface area contributed by atoms with E-state index >= 15 is 0 Å². The summed E-state index contributed by atoms with van der Waals surface area (Å²) in [6.45, 7) is 4.76. The van der Waals surface area contributed by atoms with Gasteiger partial charge in [-0.05, 0) is 25.5 Å². The number of aromatic carboxylic acids is 1. The quantitative estimate of drug-likeness (QED) is 0.714. The van der Waals surface area contributed by atoms with Gasteiger partial charge in [0, 0.05) is 5.56 Å². The van der Waals surface area contributed by atoms with Crippen molar-refractivity contribution in [3.8, 4) is 11.5 Å².